The number of aliphatic hydroxyl groups excluding tert-OH is 1. The molecule has 0 heterocycles. The number of rotatable bonds is 6. The van der Waals surface area contributed by atoms with E-state index < -0.39 is 12.1 Å². The maximum atomic E-state index is 10.8. The minimum Gasteiger partial charge on any atom is -0.479 e. The number of alkyl halides is 2. The first kappa shape index (κ1) is 14.7. The van der Waals surface area contributed by atoms with E-state index >= 15 is 0 Å². The Morgan fingerprint density at radius 1 is 1.35 bits per heavy atom. The molecule has 0 aliphatic carbocycles. The number of halogens is 2. The zero-order valence-electron chi connectivity index (χ0n) is 9.20. The van der Waals surface area contributed by atoms with Crippen LogP contribution in [0.1, 0.15) is 29.2 Å². The first-order valence-corrected chi connectivity index (χ1v) is 7.49. The highest BCUT2D eigenvalue weighted by atomic mass is 79.9. The molecule has 5 heteroatoms. The molecule has 1 aromatic carbocycles. The Hall–Kier alpha value is -0.390. The molecule has 1 aromatic rings. The van der Waals surface area contributed by atoms with Gasteiger partial charge >= 0.3 is 5.97 Å². The summed E-state index contributed by atoms with van der Waals surface area (Å²) in [4.78, 5) is 10.8. The second kappa shape index (κ2) is 7.13. The van der Waals surface area contributed by atoms with E-state index in [9.17, 15) is 9.90 Å². The smallest absolute Gasteiger partial charge is 0.337 e. The van der Waals surface area contributed by atoms with Gasteiger partial charge in [0, 0.05) is 10.7 Å². The van der Waals surface area contributed by atoms with Gasteiger partial charge in [-0.3, -0.25) is 0 Å². The lowest BCUT2D eigenvalue weighted by Gasteiger charge is -2.13. The largest absolute Gasteiger partial charge is 0.479 e. The summed E-state index contributed by atoms with van der Waals surface area (Å²) in [6.45, 7) is 0. The molecule has 0 aliphatic heterocycles. The summed E-state index contributed by atoms with van der Waals surface area (Å²) in [6.07, 6.45) is 0.223. The molecule has 2 N–H and O–H groups in total. The molecule has 0 spiro atoms. The Bertz CT molecular complexity index is 393. The molecule has 3 nitrogen and oxygen atoms in total. The van der Waals surface area contributed by atoms with Gasteiger partial charge in [0.1, 0.15) is 0 Å². The summed E-state index contributed by atoms with van der Waals surface area (Å²) in [7, 11) is 0. The lowest BCUT2D eigenvalue weighted by atomic mass is 9.97. The molecular formula is C12H14Br2O3. The van der Waals surface area contributed by atoms with Crippen molar-refractivity contribution >= 4 is 37.8 Å². The van der Waals surface area contributed by atoms with Gasteiger partial charge in [-0.05, 0) is 29.5 Å². The minimum atomic E-state index is -1.44. The molecule has 0 aromatic heterocycles. The van der Waals surface area contributed by atoms with E-state index in [0.717, 1.165) is 34.6 Å². The lowest BCUT2D eigenvalue weighted by molar-refractivity contribution is -0.147. The van der Waals surface area contributed by atoms with E-state index in [4.69, 9.17) is 5.11 Å². The number of carboxylic acid groups (broad SMARTS) is 1. The van der Waals surface area contributed by atoms with Gasteiger partial charge in [-0.1, -0.05) is 50.1 Å². The van der Waals surface area contributed by atoms with Crippen LogP contribution in [0, 0.1) is 0 Å². The molecule has 1 unspecified atom stereocenters. The Balaban J connectivity index is 3.05. The normalized spacial score (nSPS) is 12.4. The van der Waals surface area contributed by atoms with Gasteiger partial charge in [0.15, 0.2) is 6.10 Å². The van der Waals surface area contributed by atoms with Crippen molar-refractivity contribution in [2.45, 2.75) is 24.3 Å². The quantitative estimate of drug-likeness (QED) is 0.762. The third kappa shape index (κ3) is 4.08. The van der Waals surface area contributed by atoms with E-state index in [1.54, 1.807) is 6.07 Å². The van der Waals surface area contributed by atoms with E-state index in [1.807, 2.05) is 12.1 Å². The van der Waals surface area contributed by atoms with Crippen molar-refractivity contribution in [1.29, 1.82) is 0 Å². The van der Waals surface area contributed by atoms with Crippen LogP contribution < -0.4 is 0 Å². The van der Waals surface area contributed by atoms with Crippen LogP contribution >= 0.6 is 31.9 Å². The summed E-state index contributed by atoms with van der Waals surface area (Å²) in [5, 5.41) is 20.0. The maximum absolute atomic E-state index is 10.8. The zero-order chi connectivity index (χ0) is 12.8. The molecule has 1 atom stereocenters. The van der Waals surface area contributed by atoms with Crippen molar-refractivity contribution < 1.29 is 15.0 Å². The van der Waals surface area contributed by atoms with Crippen molar-refractivity contribution in [3.05, 3.63) is 34.9 Å². The minimum absolute atomic E-state index is 0.489. The van der Waals surface area contributed by atoms with Crippen molar-refractivity contribution in [2.24, 2.45) is 0 Å². The molecule has 17 heavy (non-hydrogen) atoms. The Morgan fingerprint density at radius 2 is 2.06 bits per heavy atom. The number of aliphatic carboxylic acids is 1. The predicted octanol–water partition coefficient (Wildman–Crippen LogP) is 3.03. The SMILES string of the molecule is O=C(O)C(O)c1ccc(CBr)cc1CCCBr. The highest BCUT2D eigenvalue weighted by Crippen LogP contribution is 2.22. The predicted molar refractivity (Wildman–Crippen MR) is 73.8 cm³/mol. The topological polar surface area (TPSA) is 57.5 Å². The molecule has 0 aliphatic rings. The van der Waals surface area contributed by atoms with Gasteiger partial charge in [-0.2, -0.15) is 0 Å². The molecule has 0 bridgehead atoms. The number of hydrogen-bond acceptors (Lipinski definition) is 2. The van der Waals surface area contributed by atoms with Crippen molar-refractivity contribution in [3.63, 3.8) is 0 Å². The summed E-state index contributed by atoms with van der Waals surface area (Å²) in [6, 6.07) is 5.46. The van der Waals surface area contributed by atoms with Crippen molar-refractivity contribution in [3.8, 4) is 0 Å². The highest BCUT2D eigenvalue weighted by Gasteiger charge is 2.19. The molecule has 0 radical (unpaired) electrons. The van der Waals surface area contributed by atoms with Gasteiger partial charge in [-0.15, -0.1) is 0 Å². The average molecular weight is 366 g/mol. The first-order chi connectivity index (χ1) is 8.10. The van der Waals surface area contributed by atoms with E-state index in [1.165, 1.54) is 0 Å². The van der Waals surface area contributed by atoms with Gasteiger partial charge in [0.2, 0.25) is 0 Å². The zero-order valence-corrected chi connectivity index (χ0v) is 12.4. The number of aliphatic hydroxyl groups is 1. The fourth-order valence-corrected chi connectivity index (χ4v) is 2.24. The number of carboxylic acids is 1. The first-order valence-electron chi connectivity index (χ1n) is 5.24. The van der Waals surface area contributed by atoms with Crippen LogP contribution in [-0.4, -0.2) is 21.5 Å². The van der Waals surface area contributed by atoms with Crippen LogP contribution in [0.15, 0.2) is 18.2 Å². The summed E-state index contributed by atoms with van der Waals surface area (Å²) < 4.78 is 0. The van der Waals surface area contributed by atoms with E-state index in [0.29, 0.717) is 5.56 Å². The number of hydrogen-bond donors (Lipinski definition) is 2. The third-order valence-electron chi connectivity index (χ3n) is 2.47. The maximum Gasteiger partial charge on any atom is 0.337 e. The van der Waals surface area contributed by atoms with Gasteiger partial charge in [-0.25, -0.2) is 4.79 Å². The fourth-order valence-electron chi connectivity index (χ4n) is 1.62. The second-order valence-corrected chi connectivity index (χ2v) is 5.05. The summed E-state index contributed by atoms with van der Waals surface area (Å²) >= 11 is 6.71. The second-order valence-electron chi connectivity index (χ2n) is 3.70. The van der Waals surface area contributed by atoms with Crippen LogP contribution in [0.3, 0.4) is 0 Å². The average Bonchev–Trinajstić information content (AvgIpc) is 2.34. The molecule has 1 rings (SSSR count). The van der Waals surface area contributed by atoms with E-state index in [-0.39, 0.29) is 0 Å². The standard InChI is InChI=1S/C12H14Br2O3/c13-5-1-2-9-6-8(7-14)3-4-10(9)11(15)12(16)17/h3-4,6,11,15H,1-2,5,7H2,(H,16,17). The fraction of sp³-hybridized carbons (Fsp3) is 0.417. The molecule has 0 amide bonds. The Labute approximate surface area is 117 Å². The third-order valence-corrected chi connectivity index (χ3v) is 3.68. The van der Waals surface area contributed by atoms with Crippen molar-refractivity contribution in [1.82, 2.24) is 0 Å². The molecular weight excluding hydrogens is 352 g/mol. The number of aryl methyl sites for hydroxylation is 1. The lowest BCUT2D eigenvalue weighted by Crippen LogP contribution is -2.13. The molecule has 0 saturated heterocycles. The van der Waals surface area contributed by atoms with Gasteiger partial charge in [0.05, 0.1) is 0 Å². The van der Waals surface area contributed by atoms with Crippen LogP contribution in [-0.2, 0) is 16.5 Å². The Morgan fingerprint density at radius 3 is 2.59 bits per heavy atom. The highest BCUT2D eigenvalue weighted by molar-refractivity contribution is 9.09. The van der Waals surface area contributed by atoms with Gasteiger partial charge < -0.3 is 10.2 Å². The van der Waals surface area contributed by atoms with Gasteiger partial charge in [0.25, 0.3) is 0 Å². The number of carbonyl (C=O) groups is 1. The van der Waals surface area contributed by atoms with Crippen LogP contribution in [0.5, 0.6) is 0 Å². The van der Waals surface area contributed by atoms with Crippen LogP contribution in [0.2, 0.25) is 0 Å². The van der Waals surface area contributed by atoms with Crippen LogP contribution in [0.25, 0.3) is 0 Å². The Kier molecular flexibility index (Phi) is 6.16. The summed E-state index contributed by atoms with van der Waals surface area (Å²) in [5.74, 6) is -1.21. The van der Waals surface area contributed by atoms with Crippen LogP contribution in [0.4, 0.5) is 0 Å². The van der Waals surface area contributed by atoms with Crippen molar-refractivity contribution in [2.75, 3.05) is 5.33 Å². The molecule has 94 valence electrons. The summed E-state index contributed by atoms with van der Waals surface area (Å²) in [5.41, 5.74) is 2.47. The monoisotopic (exact) mass is 364 g/mol. The van der Waals surface area contributed by atoms with E-state index in [2.05, 4.69) is 31.9 Å². The molecule has 0 saturated carbocycles. The number of benzene rings is 1. The molecule has 0 fully saturated rings.